The van der Waals surface area contributed by atoms with Gasteiger partial charge in [-0.05, 0) is 56.7 Å². The van der Waals surface area contributed by atoms with Crippen molar-refractivity contribution in [1.29, 1.82) is 0 Å². The largest absolute Gasteiger partial charge is 0.339 e. The molecule has 1 aromatic carbocycles. The van der Waals surface area contributed by atoms with Crippen LogP contribution in [-0.4, -0.2) is 28.9 Å². The second-order valence-corrected chi connectivity index (χ2v) is 7.82. The molecule has 0 spiro atoms. The second-order valence-electron chi connectivity index (χ2n) is 6.71. The summed E-state index contributed by atoms with van der Waals surface area (Å²) in [7, 11) is 0. The van der Waals surface area contributed by atoms with Crippen LogP contribution in [0.5, 0.6) is 0 Å². The molecule has 1 aromatic heterocycles. The number of thiazole rings is 1. The number of hydrogen-bond acceptors (Lipinski definition) is 3. The highest BCUT2D eigenvalue weighted by molar-refractivity contribution is 7.11. The summed E-state index contributed by atoms with van der Waals surface area (Å²) >= 11 is 1.89. The number of carbonyl (C=O) groups excluding carboxylic acids is 1. The zero-order chi connectivity index (χ0) is 16.5. The molecule has 2 aliphatic rings. The van der Waals surface area contributed by atoms with E-state index in [1.165, 1.54) is 47.0 Å². The molecule has 0 unspecified atom stereocenters. The van der Waals surface area contributed by atoms with Crippen LogP contribution in [0.15, 0.2) is 24.3 Å². The Balaban J connectivity index is 1.41. The smallest absolute Gasteiger partial charge is 0.253 e. The maximum Gasteiger partial charge on any atom is 0.253 e. The standard InChI is InChI=1S/C19H21FN2OS/c20-15-5-3-4-14(12-15)19(23)22-10-8-13(9-11-22)18-21-16-6-1-2-7-17(16)24-18/h3-5,12-13H,1-2,6-11H2. The molecule has 2 aromatic rings. The Labute approximate surface area is 145 Å². The molecule has 0 bridgehead atoms. The minimum Gasteiger partial charge on any atom is -0.339 e. The Bertz CT molecular complexity index is 726. The molecule has 1 amide bonds. The molecule has 1 aliphatic carbocycles. The summed E-state index contributed by atoms with van der Waals surface area (Å²) in [5.41, 5.74) is 1.76. The van der Waals surface area contributed by atoms with Gasteiger partial charge in [-0.3, -0.25) is 4.79 Å². The Morgan fingerprint density at radius 1 is 1.21 bits per heavy atom. The van der Waals surface area contributed by atoms with Gasteiger partial charge in [-0.2, -0.15) is 0 Å². The molecule has 24 heavy (non-hydrogen) atoms. The number of piperidine rings is 1. The van der Waals surface area contributed by atoms with Gasteiger partial charge in [0.05, 0.1) is 10.7 Å². The fourth-order valence-electron chi connectivity index (χ4n) is 3.68. The number of aromatic nitrogens is 1. The lowest BCUT2D eigenvalue weighted by molar-refractivity contribution is 0.0712. The topological polar surface area (TPSA) is 33.2 Å². The fraction of sp³-hybridized carbons (Fsp3) is 0.474. The van der Waals surface area contributed by atoms with Gasteiger partial charge in [0.25, 0.3) is 5.91 Å². The predicted octanol–water partition coefficient (Wildman–Crippen LogP) is 4.18. The van der Waals surface area contributed by atoms with Gasteiger partial charge in [-0.25, -0.2) is 9.37 Å². The van der Waals surface area contributed by atoms with Crippen molar-refractivity contribution in [1.82, 2.24) is 9.88 Å². The summed E-state index contributed by atoms with van der Waals surface area (Å²) in [6.45, 7) is 1.45. The monoisotopic (exact) mass is 344 g/mol. The van der Waals surface area contributed by atoms with E-state index in [2.05, 4.69) is 0 Å². The molecule has 1 fully saturated rings. The van der Waals surface area contributed by atoms with Crippen LogP contribution in [0.3, 0.4) is 0 Å². The summed E-state index contributed by atoms with van der Waals surface area (Å²) in [6.07, 6.45) is 6.76. The number of aryl methyl sites for hydroxylation is 2. The third kappa shape index (κ3) is 3.09. The lowest BCUT2D eigenvalue weighted by atomic mass is 9.96. The molecule has 2 heterocycles. The van der Waals surface area contributed by atoms with Crippen LogP contribution in [0.2, 0.25) is 0 Å². The highest BCUT2D eigenvalue weighted by atomic mass is 32.1. The van der Waals surface area contributed by atoms with E-state index >= 15 is 0 Å². The Kier molecular flexibility index (Phi) is 4.35. The third-order valence-corrected chi connectivity index (χ3v) is 6.39. The Morgan fingerprint density at radius 2 is 2.00 bits per heavy atom. The van der Waals surface area contributed by atoms with Crippen molar-refractivity contribution in [3.63, 3.8) is 0 Å². The first kappa shape index (κ1) is 15.8. The van der Waals surface area contributed by atoms with E-state index in [-0.39, 0.29) is 11.7 Å². The zero-order valence-corrected chi connectivity index (χ0v) is 14.4. The average Bonchev–Trinajstić information content (AvgIpc) is 3.05. The van der Waals surface area contributed by atoms with Gasteiger partial charge < -0.3 is 4.90 Å². The van der Waals surface area contributed by atoms with Crippen LogP contribution in [0, 0.1) is 5.82 Å². The number of rotatable bonds is 2. The maximum absolute atomic E-state index is 13.3. The molecular formula is C19H21FN2OS. The van der Waals surface area contributed by atoms with Gasteiger partial charge in [-0.1, -0.05) is 6.07 Å². The summed E-state index contributed by atoms with van der Waals surface area (Å²) in [5.74, 6) is 0.0487. The van der Waals surface area contributed by atoms with E-state index in [0.717, 1.165) is 32.4 Å². The fourth-order valence-corrected chi connectivity index (χ4v) is 5.00. The molecule has 126 valence electrons. The number of hydrogen-bond donors (Lipinski definition) is 0. The normalized spacial score (nSPS) is 18.5. The maximum atomic E-state index is 13.3. The molecular weight excluding hydrogens is 323 g/mol. The molecule has 0 N–H and O–H groups in total. The van der Waals surface area contributed by atoms with Crippen LogP contribution in [0.4, 0.5) is 4.39 Å². The Morgan fingerprint density at radius 3 is 2.75 bits per heavy atom. The average molecular weight is 344 g/mol. The van der Waals surface area contributed by atoms with Crippen molar-refractivity contribution < 1.29 is 9.18 Å². The first-order valence-electron chi connectivity index (χ1n) is 8.74. The number of halogens is 1. The van der Waals surface area contributed by atoms with Gasteiger partial charge in [0.15, 0.2) is 0 Å². The van der Waals surface area contributed by atoms with E-state index in [0.29, 0.717) is 11.5 Å². The van der Waals surface area contributed by atoms with Crippen molar-refractivity contribution in [2.75, 3.05) is 13.1 Å². The molecule has 3 nitrogen and oxygen atoms in total. The van der Waals surface area contributed by atoms with Crippen molar-refractivity contribution in [3.05, 3.63) is 51.2 Å². The van der Waals surface area contributed by atoms with Crippen LogP contribution in [0.25, 0.3) is 0 Å². The van der Waals surface area contributed by atoms with Crippen molar-refractivity contribution in [2.45, 2.75) is 44.4 Å². The molecule has 0 saturated carbocycles. The zero-order valence-electron chi connectivity index (χ0n) is 13.6. The summed E-state index contributed by atoms with van der Waals surface area (Å²) < 4.78 is 13.3. The minimum atomic E-state index is -0.357. The quantitative estimate of drug-likeness (QED) is 0.819. The van der Waals surface area contributed by atoms with E-state index in [4.69, 9.17) is 4.98 Å². The highest BCUT2D eigenvalue weighted by Gasteiger charge is 2.27. The first-order chi connectivity index (χ1) is 11.7. The van der Waals surface area contributed by atoms with Crippen molar-refractivity contribution in [3.8, 4) is 0 Å². The van der Waals surface area contributed by atoms with Gasteiger partial charge in [-0.15, -0.1) is 11.3 Å². The summed E-state index contributed by atoms with van der Waals surface area (Å²) in [4.78, 5) is 20.7. The summed E-state index contributed by atoms with van der Waals surface area (Å²) in [5, 5.41) is 1.26. The number of benzene rings is 1. The van der Waals surface area contributed by atoms with Gasteiger partial charge in [0.2, 0.25) is 0 Å². The van der Waals surface area contributed by atoms with Crippen molar-refractivity contribution >= 4 is 17.2 Å². The molecule has 1 saturated heterocycles. The number of carbonyl (C=O) groups is 1. The molecule has 0 atom stereocenters. The minimum absolute atomic E-state index is 0.0635. The van der Waals surface area contributed by atoms with Crippen LogP contribution in [0.1, 0.15) is 57.5 Å². The number of nitrogens with zero attached hydrogens (tertiary/aromatic N) is 2. The predicted molar refractivity (Wildman–Crippen MR) is 93.0 cm³/mol. The summed E-state index contributed by atoms with van der Waals surface area (Å²) in [6, 6.07) is 5.97. The van der Waals surface area contributed by atoms with Gasteiger partial charge in [0, 0.05) is 29.4 Å². The second kappa shape index (κ2) is 6.63. The lowest BCUT2D eigenvalue weighted by Crippen LogP contribution is -2.37. The van der Waals surface area contributed by atoms with E-state index in [1.54, 1.807) is 12.1 Å². The molecule has 1 aliphatic heterocycles. The lowest BCUT2D eigenvalue weighted by Gasteiger charge is -2.31. The SMILES string of the molecule is O=C(c1cccc(F)c1)N1CCC(c2nc3c(s2)CCCC3)CC1. The van der Waals surface area contributed by atoms with E-state index in [9.17, 15) is 9.18 Å². The van der Waals surface area contributed by atoms with E-state index in [1.807, 2.05) is 16.2 Å². The van der Waals surface area contributed by atoms with Crippen molar-refractivity contribution in [2.24, 2.45) is 0 Å². The number of likely N-dealkylation sites (tertiary alicyclic amines) is 1. The molecule has 0 radical (unpaired) electrons. The van der Waals surface area contributed by atoms with Crippen LogP contribution < -0.4 is 0 Å². The third-order valence-electron chi connectivity index (χ3n) is 5.07. The highest BCUT2D eigenvalue weighted by Crippen LogP contribution is 2.35. The van der Waals surface area contributed by atoms with Gasteiger partial charge in [0.1, 0.15) is 5.82 Å². The number of amides is 1. The first-order valence-corrected chi connectivity index (χ1v) is 9.55. The van der Waals surface area contributed by atoms with Crippen LogP contribution >= 0.6 is 11.3 Å². The van der Waals surface area contributed by atoms with E-state index < -0.39 is 0 Å². The molecule has 4 rings (SSSR count). The Hall–Kier alpha value is -1.75. The molecule has 5 heteroatoms. The van der Waals surface area contributed by atoms with Gasteiger partial charge >= 0.3 is 0 Å². The number of fused-ring (bicyclic) bond motifs is 1. The van der Waals surface area contributed by atoms with Crippen LogP contribution in [-0.2, 0) is 12.8 Å².